The van der Waals surface area contributed by atoms with Gasteiger partial charge < -0.3 is 15.0 Å². The molecular formula is C20H30N2O3. The van der Waals surface area contributed by atoms with Crippen LogP contribution < -0.4 is 5.32 Å². The molecule has 1 aromatic rings. The summed E-state index contributed by atoms with van der Waals surface area (Å²) in [6.07, 6.45) is 2.64. The third-order valence-corrected chi connectivity index (χ3v) is 4.92. The fourth-order valence-electron chi connectivity index (χ4n) is 3.18. The van der Waals surface area contributed by atoms with E-state index < -0.39 is 0 Å². The van der Waals surface area contributed by atoms with Crippen LogP contribution in [0.25, 0.3) is 0 Å². The van der Waals surface area contributed by atoms with Crippen LogP contribution in [0.1, 0.15) is 52.0 Å². The van der Waals surface area contributed by atoms with Crippen LogP contribution in [0.15, 0.2) is 30.3 Å². The van der Waals surface area contributed by atoms with Gasteiger partial charge in [0.05, 0.1) is 6.61 Å². The van der Waals surface area contributed by atoms with Crippen molar-refractivity contribution in [1.29, 1.82) is 0 Å². The van der Waals surface area contributed by atoms with Gasteiger partial charge in [0.2, 0.25) is 5.91 Å². The number of carbonyl (C=O) groups excluding carboxylic acids is 2. The summed E-state index contributed by atoms with van der Waals surface area (Å²) in [7, 11) is 0. The van der Waals surface area contributed by atoms with Crippen molar-refractivity contribution in [2.45, 2.75) is 57.9 Å². The van der Waals surface area contributed by atoms with Crippen LogP contribution in [0.3, 0.4) is 0 Å². The van der Waals surface area contributed by atoms with Gasteiger partial charge in [-0.05, 0) is 37.2 Å². The number of nitrogens with one attached hydrogen (secondary N) is 1. The number of hydrogen-bond acceptors (Lipinski definition) is 3. The Morgan fingerprint density at radius 2 is 1.84 bits per heavy atom. The number of likely N-dealkylation sites (tertiary alicyclic amines) is 1. The van der Waals surface area contributed by atoms with Gasteiger partial charge in [0.15, 0.2) is 0 Å². The maximum atomic E-state index is 12.3. The van der Waals surface area contributed by atoms with E-state index in [1.807, 2.05) is 25.1 Å². The van der Waals surface area contributed by atoms with Crippen molar-refractivity contribution >= 4 is 12.0 Å². The van der Waals surface area contributed by atoms with Gasteiger partial charge in [-0.2, -0.15) is 0 Å². The summed E-state index contributed by atoms with van der Waals surface area (Å²) in [6, 6.07) is 10.5. The van der Waals surface area contributed by atoms with E-state index in [9.17, 15) is 9.59 Å². The third kappa shape index (κ3) is 5.76. The van der Waals surface area contributed by atoms with E-state index in [1.165, 1.54) is 5.56 Å². The number of carbonyl (C=O) groups is 2. The first-order valence-electron chi connectivity index (χ1n) is 9.19. The standard InChI is InChI=1S/C20H30N2O3/c1-4-25-19(24)22-14-11-17(12-15-22)21-18(23)10-13-20(2,3)16-8-6-5-7-9-16/h5-9,17H,4,10-15H2,1-3H3,(H,21,23). The van der Waals surface area contributed by atoms with Crippen molar-refractivity contribution < 1.29 is 14.3 Å². The third-order valence-electron chi connectivity index (χ3n) is 4.92. The Kier molecular flexibility index (Phi) is 6.85. The number of piperidine rings is 1. The number of ether oxygens (including phenoxy) is 1. The van der Waals surface area contributed by atoms with Gasteiger partial charge >= 0.3 is 6.09 Å². The lowest BCUT2D eigenvalue weighted by molar-refractivity contribution is -0.122. The Morgan fingerprint density at radius 1 is 1.20 bits per heavy atom. The summed E-state index contributed by atoms with van der Waals surface area (Å²) in [5.74, 6) is 0.0959. The molecule has 2 rings (SSSR count). The van der Waals surface area contributed by atoms with Gasteiger partial charge in [0, 0.05) is 25.6 Å². The summed E-state index contributed by atoms with van der Waals surface area (Å²) < 4.78 is 5.02. The van der Waals surface area contributed by atoms with E-state index in [4.69, 9.17) is 4.74 Å². The molecule has 0 atom stereocenters. The Bertz CT molecular complexity index is 564. The average molecular weight is 346 g/mol. The minimum atomic E-state index is -0.253. The molecule has 0 bridgehead atoms. The number of amides is 2. The Morgan fingerprint density at radius 3 is 2.44 bits per heavy atom. The quantitative estimate of drug-likeness (QED) is 0.858. The molecule has 25 heavy (non-hydrogen) atoms. The van der Waals surface area contributed by atoms with Gasteiger partial charge in [-0.15, -0.1) is 0 Å². The molecule has 1 heterocycles. The largest absolute Gasteiger partial charge is 0.450 e. The fourth-order valence-corrected chi connectivity index (χ4v) is 3.18. The van der Waals surface area contributed by atoms with Crippen molar-refractivity contribution in [1.82, 2.24) is 10.2 Å². The fraction of sp³-hybridized carbons (Fsp3) is 0.600. The first-order chi connectivity index (χ1) is 11.9. The highest BCUT2D eigenvalue weighted by Gasteiger charge is 2.26. The van der Waals surface area contributed by atoms with Gasteiger partial charge in [-0.1, -0.05) is 44.2 Å². The van der Waals surface area contributed by atoms with Crippen LogP contribution in [0, 0.1) is 0 Å². The molecule has 0 radical (unpaired) electrons. The van der Waals surface area contributed by atoms with Crippen LogP contribution in [-0.2, 0) is 14.9 Å². The summed E-state index contributed by atoms with van der Waals surface area (Å²) in [6.45, 7) is 7.83. The molecule has 1 aliphatic rings. The van der Waals surface area contributed by atoms with Crippen LogP contribution in [-0.4, -0.2) is 42.6 Å². The monoisotopic (exact) mass is 346 g/mol. The molecule has 1 fully saturated rings. The first-order valence-corrected chi connectivity index (χ1v) is 9.19. The van der Waals surface area contributed by atoms with Gasteiger partial charge in [-0.25, -0.2) is 4.79 Å². The molecule has 1 N–H and O–H groups in total. The van der Waals surface area contributed by atoms with Gasteiger partial charge in [0.1, 0.15) is 0 Å². The number of rotatable bonds is 6. The Balaban J connectivity index is 1.73. The van der Waals surface area contributed by atoms with Crippen molar-refractivity contribution in [3.05, 3.63) is 35.9 Å². The lowest BCUT2D eigenvalue weighted by Gasteiger charge is -2.32. The van der Waals surface area contributed by atoms with E-state index in [2.05, 4.69) is 31.3 Å². The minimum Gasteiger partial charge on any atom is -0.450 e. The summed E-state index contributed by atoms with van der Waals surface area (Å²) in [5, 5.41) is 3.12. The zero-order chi connectivity index (χ0) is 18.3. The maximum Gasteiger partial charge on any atom is 0.409 e. The van der Waals surface area contributed by atoms with Gasteiger partial charge in [-0.3, -0.25) is 4.79 Å². The molecular weight excluding hydrogens is 316 g/mol. The van der Waals surface area contributed by atoms with Crippen LogP contribution in [0.2, 0.25) is 0 Å². The highest BCUT2D eigenvalue weighted by molar-refractivity contribution is 5.76. The first kappa shape index (κ1) is 19.3. The SMILES string of the molecule is CCOC(=O)N1CCC(NC(=O)CCC(C)(C)c2ccccc2)CC1. The van der Waals surface area contributed by atoms with Gasteiger partial charge in [0.25, 0.3) is 0 Å². The average Bonchev–Trinajstić information content (AvgIpc) is 2.62. The zero-order valence-electron chi connectivity index (χ0n) is 15.6. The number of hydrogen-bond donors (Lipinski definition) is 1. The maximum absolute atomic E-state index is 12.3. The highest BCUT2D eigenvalue weighted by Crippen LogP contribution is 2.28. The molecule has 0 saturated carbocycles. The van der Waals surface area contributed by atoms with Crippen LogP contribution >= 0.6 is 0 Å². The van der Waals surface area contributed by atoms with Crippen molar-refractivity contribution in [3.8, 4) is 0 Å². The molecule has 0 unspecified atom stereocenters. The minimum absolute atomic E-state index is 0.0219. The molecule has 0 aromatic heterocycles. The highest BCUT2D eigenvalue weighted by atomic mass is 16.6. The van der Waals surface area contributed by atoms with E-state index in [0.717, 1.165) is 19.3 Å². The molecule has 0 spiro atoms. The predicted molar refractivity (Wildman–Crippen MR) is 98.5 cm³/mol. The van der Waals surface area contributed by atoms with E-state index in [-0.39, 0.29) is 23.5 Å². The predicted octanol–water partition coefficient (Wildman–Crippen LogP) is 3.48. The second-order valence-corrected chi connectivity index (χ2v) is 7.28. The normalized spacial score (nSPS) is 15.7. The molecule has 1 saturated heterocycles. The molecule has 1 aromatic carbocycles. The smallest absolute Gasteiger partial charge is 0.409 e. The lowest BCUT2D eigenvalue weighted by Crippen LogP contribution is -2.46. The summed E-state index contributed by atoms with van der Waals surface area (Å²) in [4.78, 5) is 25.7. The van der Waals surface area contributed by atoms with E-state index in [1.54, 1.807) is 4.90 Å². The molecule has 138 valence electrons. The summed E-state index contributed by atoms with van der Waals surface area (Å²) >= 11 is 0. The molecule has 1 aliphatic heterocycles. The molecule has 0 aliphatic carbocycles. The second-order valence-electron chi connectivity index (χ2n) is 7.28. The van der Waals surface area contributed by atoms with Crippen LogP contribution in [0.4, 0.5) is 4.79 Å². The number of nitrogens with zero attached hydrogens (tertiary/aromatic N) is 1. The molecule has 2 amide bonds. The topological polar surface area (TPSA) is 58.6 Å². The Hall–Kier alpha value is -2.04. The Labute approximate surface area is 150 Å². The van der Waals surface area contributed by atoms with Crippen molar-refractivity contribution in [2.24, 2.45) is 0 Å². The van der Waals surface area contributed by atoms with Crippen LogP contribution in [0.5, 0.6) is 0 Å². The van der Waals surface area contributed by atoms with E-state index >= 15 is 0 Å². The molecule has 5 heteroatoms. The lowest BCUT2D eigenvalue weighted by atomic mass is 9.80. The molecule has 5 nitrogen and oxygen atoms in total. The van der Waals surface area contributed by atoms with E-state index in [0.29, 0.717) is 26.1 Å². The van der Waals surface area contributed by atoms with Crippen molar-refractivity contribution in [3.63, 3.8) is 0 Å². The van der Waals surface area contributed by atoms with Crippen molar-refractivity contribution in [2.75, 3.05) is 19.7 Å². The zero-order valence-corrected chi connectivity index (χ0v) is 15.6. The number of benzene rings is 1. The second kappa shape index (κ2) is 8.88. The summed E-state index contributed by atoms with van der Waals surface area (Å²) in [5.41, 5.74) is 1.23.